The molecule has 14 heavy (non-hydrogen) atoms. The number of carbonyl (C=O) groups excluding carboxylic acids is 1. The van der Waals surface area contributed by atoms with Gasteiger partial charge in [-0.2, -0.15) is 0 Å². The minimum atomic E-state index is -0.916. The average Bonchev–Trinajstić information content (AvgIpc) is 2.49. The molecular weight excluding hydrogens is 184 g/mol. The van der Waals surface area contributed by atoms with Gasteiger partial charge in [-0.15, -0.1) is 0 Å². The number of aliphatic carboxylic acids is 1. The SMILES string of the molecule is CC(N)CC(=O)N1CCC[C@H]1C(=O)O. The Hall–Kier alpha value is -1.10. The molecule has 80 valence electrons. The molecule has 0 aliphatic carbocycles. The fourth-order valence-corrected chi connectivity index (χ4v) is 1.71. The summed E-state index contributed by atoms with van der Waals surface area (Å²) in [4.78, 5) is 23.8. The van der Waals surface area contributed by atoms with Gasteiger partial charge in [0.2, 0.25) is 5.91 Å². The fraction of sp³-hybridized carbons (Fsp3) is 0.778. The molecule has 0 bridgehead atoms. The molecule has 1 heterocycles. The molecule has 1 fully saturated rings. The van der Waals surface area contributed by atoms with Gasteiger partial charge in [0, 0.05) is 19.0 Å². The van der Waals surface area contributed by atoms with Gasteiger partial charge in [0.25, 0.3) is 0 Å². The van der Waals surface area contributed by atoms with Gasteiger partial charge in [0.05, 0.1) is 0 Å². The van der Waals surface area contributed by atoms with Crippen LogP contribution in [0.1, 0.15) is 26.2 Å². The summed E-state index contributed by atoms with van der Waals surface area (Å²) >= 11 is 0. The van der Waals surface area contributed by atoms with Gasteiger partial charge in [0.15, 0.2) is 0 Å². The van der Waals surface area contributed by atoms with Gasteiger partial charge in [-0.25, -0.2) is 4.79 Å². The Morgan fingerprint density at radius 2 is 2.29 bits per heavy atom. The van der Waals surface area contributed by atoms with Crippen molar-refractivity contribution < 1.29 is 14.7 Å². The number of carboxylic acids is 1. The van der Waals surface area contributed by atoms with E-state index >= 15 is 0 Å². The first kappa shape index (κ1) is 11.0. The fourth-order valence-electron chi connectivity index (χ4n) is 1.71. The van der Waals surface area contributed by atoms with Gasteiger partial charge < -0.3 is 15.7 Å². The lowest BCUT2D eigenvalue weighted by Gasteiger charge is -2.22. The normalized spacial score (nSPS) is 23.6. The Kier molecular flexibility index (Phi) is 3.46. The van der Waals surface area contributed by atoms with Crippen LogP contribution in [0.15, 0.2) is 0 Å². The molecule has 2 atom stereocenters. The third kappa shape index (κ3) is 2.45. The summed E-state index contributed by atoms with van der Waals surface area (Å²) < 4.78 is 0. The predicted octanol–water partition coefficient (Wildman–Crippen LogP) is -0.201. The number of rotatable bonds is 3. The Balaban J connectivity index is 2.58. The van der Waals surface area contributed by atoms with Crippen LogP contribution in [0.4, 0.5) is 0 Å². The summed E-state index contributed by atoms with van der Waals surface area (Å²) in [5.74, 6) is -1.06. The quantitative estimate of drug-likeness (QED) is 0.660. The van der Waals surface area contributed by atoms with Crippen molar-refractivity contribution in [2.24, 2.45) is 5.73 Å². The number of carboxylic acid groups (broad SMARTS) is 1. The van der Waals surface area contributed by atoms with Crippen molar-refractivity contribution in [3.05, 3.63) is 0 Å². The first-order valence-corrected chi connectivity index (χ1v) is 4.80. The Morgan fingerprint density at radius 3 is 2.79 bits per heavy atom. The van der Waals surface area contributed by atoms with Gasteiger partial charge >= 0.3 is 5.97 Å². The molecule has 0 radical (unpaired) electrons. The second kappa shape index (κ2) is 4.41. The maximum atomic E-state index is 11.6. The number of hydrogen-bond donors (Lipinski definition) is 2. The van der Waals surface area contributed by atoms with Crippen LogP contribution in [0.5, 0.6) is 0 Å². The van der Waals surface area contributed by atoms with E-state index in [0.29, 0.717) is 13.0 Å². The van der Waals surface area contributed by atoms with E-state index in [1.807, 2.05) is 0 Å². The standard InChI is InChI=1S/C9H16N2O3/c1-6(10)5-8(12)11-4-2-3-7(11)9(13)14/h6-7H,2-5,10H2,1H3,(H,13,14)/t6?,7-/m0/s1. The molecule has 1 rings (SSSR count). The minimum absolute atomic E-state index is 0.148. The van der Waals surface area contributed by atoms with E-state index in [4.69, 9.17) is 10.8 Å². The highest BCUT2D eigenvalue weighted by Crippen LogP contribution is 2.18. The largest absolute Gasteiger partial charge is 0.480 e. The van der Waals surface area contributed by atoms with E-state index in [-0.39, 0.29) is 18.4 Å². The third-order valence-electron chi connectivity index (χ3n) is 2.35. The van der Waals surface area contributed by atoms with E-state index in [0.717, 1.165) is 6.42 Å². The van der Waals surface area contributed by atoms with Crippen LogP contribution in [0.3, 0.4) is 0 Å². The van der Waals surface area contributed by atoms with Crippen LogP contribution in [-0.2, 0) is 9.59 Å². The third-order valence-corrected chi connectivity index (χ3v) is 2.35. The number of nitrogens with zero attached hydrogens (tertiary/aromatic N) is 1. The topological polar surface area (TPSA) is 83.6 Å². The number of amides is 1. The van der Waals surface area contributed by atoms with Crippen molar-refractivity contribution in [1.82, 2.24) is 4.90 Å². The highest BCUT2D eigenvalue weighted by Gasteiger charge is 2.33. The van der Waals surface area contributed by atoms with Crippen molar-refractivity contribution in [2.75, 3.05) is 6.54 Å². The van der Waals surface area contributed by atoms with Crippen LogP contribution in [0.2, 0.25) is 0 Å². The Bertz CT molecular complexity index is 240. The molecule has 0 aromatic rings. The number of carbonyl (C=O) groups is 2. The van der Waals surface area contributed by atoms with Crippen LogP contribution < -0.4 is 5.73 Å². The van der Waals surface area contributed by atoms with E-state index < -0.39 is 12.0 Å². The molecular formula is C9H16N2O3. The highest BCUT2D eigenvalue weighted by molar-refractivity contribution is 5.84. The van der Waals surface area contributed by atoms with Crippen LogP contribution >= 0.6 is 0 Å². The van der Waals surface area contributed by atoms with Gasteiger partial charge in [-0.1, -0.05) is 0 Å². The Morgan fingerprint density at radius 1 is 1.64 bits per heavy atom. The van der Waals surface area contributed by atoms with Crippen molar-refractivity contribution in [3.63, 3.8) is 0 Å². The van der Waals surface area contributed by atoms with E-state index in [2.05, 4.69) is 0 Å². The second-order valence-corrected chi connectivity index (χ2v) is 3.76. The van der Waals surface area contributed by atoms with Crippen molar-refractivity contribution >= 4 is 11.9 Å². The summed E-state index contributed by atoms with van der Waals surface area (Å²) in [5, 5.41) is 8.84. The van der Waals surface area contributed by atoms with Gasteiger partial charge in [0.1, 0.15) is 6.04 Å². The summed E-state index contributed by atoms with van der Waals surface area (Å²) in [7, 11) is 0. The lowest BCUT2D eigenvalue weighted by molar-refractivity contribution is -0.148. The molecule has 3 N–H and O–H groups in total. The molecule has 1 aliphatic rings. The summed E-state index contributed by atoms with van der Waals surface area (Å²) in [6, 6.07) is -0.848. The number of hydrogen-bond acceptors (Lipinski definition) is 3. The molecule has 0 aromatic heterocycles. The maximum absolute atomic E-state index is 11.6. The van der Waals surface area contributed by atoms with E-state index in [1.165, 1.54) is 4.90 Å². The first-order chi connectivity index (χ1) is 6.52. The van der Waals surface area contributed by atoms with Crippen molar-refractivity contribution in [3.8, 4) is 0 Å². The molecule has 1 aliphatic heterocycles. The predicted molar refractivity (Wildman–Crippen MR) is 50.6 cm³/mol. The maximum Gasteiger partial charge on any atom is 0.326 e. The van der Waals surface area contributed by atoms with Gasteiger partial charge in [-0.05, 0) is 19.8 Å². The zero-order chi connectivity index (χ0) is 10.7. The smallest absolute Gasteiger partial charge is 0.326 e. The number of likely N-dealkylation sites (tertiary alicyclic amines) is 1. The van der Waals surface area contributed by atoms with Crippen LogP contribution in [-0.4, -0.2) is 40.5 Å². The summed E-state index contributed by atoms with van der Waals surface area (Å²) in [6.45, 7) is 2.28. The summed E-state index contributed by atoms with van der Waals surface area (Å²) in [6.07, 6.45) is 1.55. The lowest BCUT2D eigenvalue weighted by Crippen LogP contribution is -2.42. The van der Waals surface area contributed by atoms with Crippen molar-refractivity contribution in [1.29, 1.82) is 0 Å². The molecule has 1 saturated heterocycles. The first-order valence-electron chi connectivity index (χ1n) is 4.80. The van der Waals surface area contributed by atoms with Crippen molar-refractivity contribution in [2.45, 2.75) is 38.3 Å². The minimum Gasteiger partial charge on any atom is -0.480 e. The zero-order valence-electron chi connectivity index (χ0n) is 8.27. The molecule has 0 spiro atoms. The van der Waals surface area contributed by atoms with E-state index in [9.17, 15) is 9.59 Å². The van der Waals surface area contributed by atoms with Crippen LogP contribution in [0, 0.1) is 0 Å². The summed E-state index contributed by atoms with van der Waals surface area (Å²) in [5.41, 5.74) is 5.49. The zero-order valence-corrected chi connectivity index (χ0v) is 8.27. The molecule has 5 heteroatoms. The highest BCUT2D eigenvalue weighted by atomic mass is 16.4. The second-order valence-electron chi connectivity index (χ2n) is 3.76. The van der Waals surface area contributed by atoms with E-state index in [1.54, 1.807) is 6.92 Å². The van der Waals surface area contributed by atoms with Gasteiger partial charge in [-0.3, -0.25) is 4.79 Å². The average molecular weight is 200 g/mol. The van der Waals surface area contributed by atoms with Crippen LogP contribution in [0.25, 0.3) is 0 Å². The number of nitrogens with two attached hydrogens (primary N) is 1. The molecule has 1 unspecified atom stereocenters. The molecule has 0 saturated carbocycles. The molecule has 5 nitrogen and oxygen atoms in total. The monoisotopic (exact) mass is 200 g/mol. The Labute approximate surface area is 82.9 Å². The molecule has 1 amide bonds. The molecule has 0 aromatic carbocycles. The lowest BCUT2D eigenvalue weighted by atomic mass is 10.2.